The molecule has 0 atom stereocenters. The molecule has 4 rings (SSSR count). The molecule has 2 aromatic heterocycles. The van der Waals surface area contributed by atoms with Crippen LogP contribution in [0.4, 0.5) is 20.3 Å². The van der Waals surface area contributed by atoms with E-state index in [0.717, 1.165) is 29.0 Å². The number of amides is 1. The molecular formula is C24H18ClF2N4O7P. The van der Waals surface area contributed by atoms with Crippen LogP contribution in [0.25, 0.3) is 11.1 Å². The van der Waals surface area contributed by atoms with Crippen LogP contribution < -0.4 is 21.2 Å². The van der Waals surface area contributed by atoms with E-state index in [4.69, 9.17) is 31.9 Å². The molecule has 39 heavy (non-hydrogen) atoms. The molecule has 0 radical (unpaired) electrons. The van der Waals surface area contributed by atoms with Crippen molar-refractivity contribution in [3.05, 3.63) is 99.6 Å². The van der Waals surface area contributed by atoms with E-state index in [2.05, 4.69) is 14.8 Å². The average Bonchev–Trinajstić information content (AvgIpc) is 2.87. The second-order valence-electron chi connectivity index (χ2n) is 7.89. The Bertz CT molecular complexity index is 1660. The summed E-state index contributed by atoms with van der Waals surface area (Å²) in [5, 5.41) is 2.36. The maximum Gasteiger partial charge on any atom is 0.471 e. The Morgan fingerprint density at radius 1 is 1.10 bits per heavy atom. The largest absolute Gasteiger partial charge is 0.471 e. The number of phosphoric acid groups is 1. The number of halogens is 3. The van der Waals surface area contributed by atoms with Gasteiger partial charge in [-0.15, -0.1) is 0 Å². The van der Waals surface area contributed by atoms with E-state index in [1.807, 2.05) is 0 Å². The minimum atomic E-state index is -4.89. The molecule has 202 valence electrons. The number of benzene rings is 2. The van der Waals surface area contributed by atoms with Crippen LogP contribution in [0.5, 0.6) is 11.5 Å². The predicted molar refractivity (Wildman–Crippen MR) is 137 cm³/mol. The Balaban J connectivity index is 1.63. The van der Waals surface area contributed by atoms with Crippen molar-refractivity contribution in [2.75, 3.05) is 11.1 Å². The van der Waals surface area contributed by atoms with Gasteiger partial charge in [-0.1, -0.05) is 23.7 Å². The molecule has 5 N–H and O–H groups in total. The maximum absolute atomic E-state index is 14.7. The third-order valence-electron chi connectivity index (χ3n) is 5.14. The number of nitrogens with two attached hydrogens (primary N) is 1. The molecule has 0 spiro atoms. The second kappa shape index (κ2) is 11.3. The molecule has 0 aliphatic carbocycles. The van der Waals surface area contributed by atoms with Crippen molar-refractivity contribution in [2.45, 2.75) is 6.73 Å². The van der Waals surface area contributed by atoms with Crippen molar-refractivity contribution in [3.8, 4) is 22.6 Å². The van der Waals surface area contributed by atoms with Crippen molar-refractivity contribution >= 4 is 36.8 Å². The average molecular weight is 579 g/mol. The van der Waals surface area contributed by atoms with Gasteiger partial charge in [0.25, 0.3) is 5.91 Å². The zero-order valence-corrected chi connectivity index (χ0v) is 21.2. The van der Waals surface area contributed by atoms with Crippen molar-refractivity contribution in [1.29, 1.82) is 0 Å². The second-order valence-corrected chi connectivity index (χ2v) is 9.51. The zero-order chi connectivity index (χ0) is 28.3. The van der Waals surface area contributed by atoms with Gasteiger partial charge in [0.05, 0.1) is 0 Å². The highest BCUT2D eigenvalue weighted by atomic mass is 35.5. The van der Waals surface area contributed by atoms with E-state index >= 15 is 0 Å². The number of nitrogen functional groups attached to an aromatic ring is 1. The molecule has 15 heteroatoms. The number of rotatable bonds is 8. The Labute approximate surface area is 223 Å². The summed E-state index contributed by atoms with van der Waals surface area (Å²) >= 11 is 6.01. The number of ether oxygens (including phenoxy) is 1. The fourth-order valence-corrected chi connectivity index (χ4v) is 3.78. The van der Waals surface area contributed by atoms with E-state index in [1.165, 1.54) is 42.7 Å². The van der Waals surface area contributed by atoms with Crippen LogP contribution in [0.15, 0.2) is 71.9 Å². The fraction of sp³-hybridized carbons (Fsp3) is 0.0417. The normalized spacial score (nSPS) is 11.3. The highest BCUT2D eigenvalue weighted by Gasteiger charge is 2.20. The first-order valence-corrected chi connectivity index (χ1v) is 12.7. The van der Waals surface area contributed by atoms with E-state index in [0.29, 0.717) is 0 Å². The first kappa shape index (κ1) is 27.9. The summed E-state index contributed by atoms with van der Waals surface area (Å²) in [5.74, 6) is -2.62. The van der Waals surface area contributed by atoms with E-state index < -0.39 is 43.1 Å². The summed E-state index contributed by atoms with van der Waals surface area (Å²) in [6, 6.07) is 9.59. The lowest BCUT2D eigenvalue weighted by Gasteiger charge is -2.14. The van der Waals surface area contributed by atoms with Crippen LogP contribution in [0.3, 0.4) is 0 Å². The third-order valence-corrected chi connectivity index (χ3v) is 5.98. The quantitative estimate of drug-likeness (QED) is 0.220. The summed E-state index contributed by atoms with van der Waals surface area (Å²) < 4.78 is 50.2. The highest BCUT2D eigenvalue weighted by Crippen LogP contribution is 2.36. The molecule has 2 aromatic carbocycles. The van der Waals surface area contributed by atoms with Crippen LogP contribution in [-0.2, 0) is 15.8 Å². The standard InChI is InChI=1S/C24H18ClF2N4O7P/c25-21-20(7-8-29-23(21)28)38-19-6-5-15(9-18(19)27)30-24(33)17-11-31(12-37-39(34,35)36)10-16(22(17)32)13-1-3-14(26)4-2-13/h1-11H,12H2,(H2,28,29)(H,30,33)(H2,34,35,36). The van der Waals surface area contributed by atoms with Gasteiger partial charge in [-0.05, 0) is 29.8 Å². The lowest BCUT2D eigenvalue weighted by molar-refractivity contribution is 0.102. The summed E-state index contributed by atoms with van der Waals surface area (Å²) in [5.41, 5.74) is 4.46. The number of pyridine rings is 2. The van der Waals surface area contributed by atoms with Crippen LogP contribution in [-0.4, -0.2) is 25.2 Å². The van der Waals surface area contributed by atoms with Gasteiger partial charge < -0.3 is 30.1 Å². The molecule has 0 fully saturated rings. The first-order valence-electron chi connectivity index (χ1n) is 10.8. The molecule has 0 unspecified atom stereocenters. The summed E-state index contributed by atoms with van der Waals surface area (Å²) in [7, 11) is -4.89. The molecule has 0 bridgehead atoms. The van der Waals surface area contributed by atoms with Gasteiger partial charge in [0.2, 0.25) is 5.43 Å². The van der Waals surface area contributed by atoms with Gasteiger partial charge in [0, 0.05) is 42.0 Å². The minimum Gasteiger partial charge on any atom is -0.453 e. The van der Waals surface area contributed by atoms with Gasteiger partial charge >= 0.3 is 7.82 Å². The van der Waals surface area contributed by atoms with Crippen LogP contribution in [0.1, 0.15) is 10.4 Å². The Morgan fingerprint density at radius 3 is 2.49 bits per heavy atom. The lowest BCUT2D eigenvalue weighted by Crippen LogP contribution is -2.25. The van der Waals surface area contributed by atoms with Crippen molar-refractivity contribution in [2.24, 2.45) is 0 Å². The van der Waals surface area contributed by atoms with Crippen LogP contribution in [0, 0.1) is 11.6 Å². The molecule has 1 amide bonds. The van der Waals surface area contributed by atoms with Gasteiger partial charge in [0.1, 0.15) is 29.0 Å². The number of aromatic nitrogens is 2. The summed E-state index contributed by atoms with van der Waals surface area (Å²) in [4.78, 5) is 48.0. The number of anilines is 2. The van der Waals surface area contributed by atoms with Gasteiger partial charge in [0.15, 0.2) is 17.3 Å². The molecule has 4 aromatic rings. The zero-order valence-electron chi connectivity index (χ0n) is 19.5. The number of hydrogen-bond donors (Lipinski definition) is 4. The van der Waals surface area contributed by atoms with Crippen molar-refractivity contribution in [3.63, 3.8) is 0 Å². The number of carbonyl (C=O) groups excluding carboxylic acids is 1. The monoisotopic (exact) mass is 578 g/mol. The van der Waals surface area contributed by atoms with E-state index in [-0.39, 0.29) is 39.2 Å². The predicted octanol–water partition coefficient (Wildman–Crippen LogP) is 4.54. The number of carbonyl (C=O) groups is 1. The summed E-state index contributed by atoms with van der Waals surface area (Å²) in [6.45, 7) is -0.720. The highest BCUT2D eigenvalue weighted by molar-refractivity contribution is 7.46. The van der Waals surface area contributed by atoms with Gasteiger partial charge in [-0.2, -0.15) is 0 Å². The molecule has 0 saturated heterocycles. The molecule has 0 aliphatic heterocycles. The number of hydrogen-bond acceptors (Lipinski definition) is 7. The maximum atomic E-state index is 14.7. The topological polar surface area (TPSA) is 166 Å². The fourth-order valence-electron chi connectivity index (χ4n) is 3.34. The smallest absolute Gasteiger partial charge is 0.453 e. The minimum absolute atomic E-state index is 0.0156. The molecule has 0 saturated carbocycles. The number of nitrogens with zero attached hydrogens (tertiary/aromatic N) is 2. The van der Waals surface area contributed by atoms with Crippen molar-refractivity contribution in [1.82, 2.24) is 9.55 Å². The van der Waals surface area contributed by atoms with Crippen LogP contribution in [0.2, 0.25) is 5.02 Å². The molecular weight excluding hydrogens is 561 g/mol. The van der Waals surface area contributed by atoms with E-state index in [1.54, 1.807) is 0 Å². The van der Waals surface area contributed by atoms with E-state index in [9.17, 15) is 22.9 Å². The van der Waals surface area contributed by atoms with Gasteiger partial charge in [-0.25, -0.2) is 18.3 Å². The number of phosphoric ester groups is 1. The first-order chi connectivity index (χ1) is 18.4. The SMILES string of the molecule is Nc1nccc(Oc2ccc(NC(=O)c3cn(COP(=O)(O)O)cc(-c4ccc(F)cc4)c3=O)cc2F)c1Cl. The van der Waals surface area contributed by atoms with Crippen molar-refractivity contribution < 1.29 is 37.2 Å². The Hall–Kier alpha value is -4.13. The van der Waals surface area contributed by atoms with Gasteiger partial charge in [-0.3, -0.25) is 14.1 Å². The number of nitrogens with one attached hydrogen (secondary N) is 1. The molecule has 11 nitrogen and oxygen atoms in total. The Kier molecular flexibility index (Phi) is 8.09. The summed E-state index contributed by atoms with van der Waals surface area (Å²) in [6.07, 6.45) is 3.51. The molecule has 0 aliphatic rings. The third kappa shape index (κ3) is 6.85. The lowest BCUT2D eigenvalue weighted by atomic mass is 10.0. The van der Waals surface area contributed by atoms with Crippen LogP contribution >= 0.6 is 19.4 Å². The molecule has 2 heterocycles. The Morgan fingerprint density at radius 2 is 1.82 bits per heavy atom.